The number of hydrogen-bond donors (Lipinski definition) is 1. The molecule has 0 fully saturated rings. The molecule has 0 aliphatic heterocycles. The summed E-state index contributed by atoms with van der Waals surface area (Å²) in [7, 11) is 1.22. The average molecular weight is 343 g/mol. The molecule has 0 aliphatic carbocycles. The molecule has 1 aromatic carbocycles. The molecule has 0 aromatic heterocycles. The van der Waals surface area contributed by atoms with Crippen LogP contribution in [-0.2, 0) is 20.5 Å². The van der Waals surface area contributed by atoms with Gasteiger partial charge in [0, 0.05) is 6.08 Å². The lowest BCUT2D eigenvalue weighted by molar-refractivity contribution is -0.150. The Morgan fingerprint density at radius 1 is 1.29 bits per heavy atom. The minimum Gasteiger partial charge on any atom is -0.467 e. The normalized spacial score (nSPS) is 14.2. The fraction of sp³-hybridized carbons (Fsp3) is 0.412. The van der Waals surface area contributed by atoms with Crippen LogP contribution in [0.4, 0.5) is 13.2 Å². The van der Waals surface area contributed by atoms with E-state index in [1.54, 1.807) is 6.92 Å². The maximum atomic E-state index is 12.6. The summed E-state index contributed by atoms with van der Waals surface area (Å²) < 4.78 is 42.6. The minimum atomic E-state index is -4.45. The van der Waals surface area contributed by atoms with Gasteiger partial charge in [-0.1, -0.05) is 25.5 Å². The summed E-state index contributed by atoms with van der Waals surface area (Å²) in [5, 5.41) is 2.54. The van der Waals surface area contributed by atoms with Crippen molar-refractivity contribution >= 4 is 18.0 Å². The zero-order chi connectivity index (χ0) is 18.4. The van der Waals surface area contributed by atoms with Crippen LogP contribution in [0.25, 0.3) is 6.08 Å². The third-order valence-electron chi connectivity index (χ3n) is 3.43. The van der Waals surface area contributed by atoms with Crippen LogP contribution in [0.2, 0.25) is 0 Å². The third kappa shape index (κ3) is 5.40. The van der Waals surface area contributed by atoms with E-state index in [0.29, 0.717) is 12.8 Å². The summed E-state index contributed by atoms with van der Waals surface area (Å²) in [6.45, 7) is 3.39. The molecular weight excluding hydrogens is 323 g/mol. The Balaban J connectivity index is 2.87. The zero-order valence-electron chi connectivity index (χ0n) is 13.7. The number of alkyl halides is 3. The van der Waals surface area contributed by atoms with Crippen molar-refractivity contribution in [2.24, 2.45) is 0 Å². The second-order valence-corrected chi connectivity index (χ2v) is 5.52. The van der Waals surface area contributed by atoms with Gasteiger partial charge in [-0.2, -0.15) is 13.2 Å². The van der Waals surface area contributed by atoms with Gasteiger partial charge >= 0.3 is 12.1 Å². The van der Waals surface area contributed by atoms with Crippen LogP contribution in [0, 0.1) is 0 Å². The van der Waals surface area contributed by atoms with Crippen LogP contribution in [-0.4, -0.2) is 24.5 Å². The van der Waals surface area contributed by atoms with Gasteiger partial charge in [0.25, 0.3) is 0 Å². The van der Waals surface area contributed by atoms with Gasteiger partial charge in [-0.25, -0.2) is 4.79 Å². The predicted molar refractivity (Wildman–Crippen MR) is 83.9 cm³/mol. The van der Waals surface area contributed by atoms with Crippen LogP contribution in [0.15, 0.2) is 30.3 Å². The Morgan fingerprint density at radius 3 is 2.50 bits per heavy atom. The van der Waals surface area contributed by atoms with Gasteiger partial charge in [0.15, 0.2) is 0 Å². The molecule has 24 heavy (non-hydrogen) atoms. The SMILES string of the molecule is CCCC(C)(NC(=O)/C=C/c1cccc(C(F)(F)F)c1)C(=O)OC. The maximum absolute atomic E-state index is 12.6. The van der Waals surface area contributed by atoms with Crippen molar-refractivity contribution in [3.05, 3.63) is 41.5 Å². The Kier molecular flexibility index (Phi) is 6.57. The third-order valence-corrected chi connectivity index (χ3v) is 3.43. The number of esters is 1. The van der Waals surface area contributed by atoms with E-state index in [1.807, 2.05) is 6.92 Å². The van der Waals surface area contributed by atoms with Gasteiger partial charge < -0.3 is 10.1 Å². The van der Waals surface area contributed by atoms with Crippen molar-refractivity contribution in [2.75, 3.05) is 7.11 Å². The topological polar surface area (TPSA) is 55.4 Å². The molecule has 1 atom stereocenters. The molecule has 0 aliphatic rings. The monoisotopic (exact) mass is 343 g/mol. The number of amides is 1. The Bertz CT molecular complexity index is 626. The largest absolute Gasteiger partial charge is 0.467 e. The van der Waals surface area contributed by atoms with Crippen molar-refractivity contribution in [3.63, 3.8) is 0 Å². The lowest BCUT2D eigenvalue weighted by atomic mass is 9.96. The van der Waals surface area contributed by atoms with E-state index in [1.165, 1.54) is 25.3 Å². The van der Waals surface area contributed by atoms with E-state index in [2.05, 4.69) is 10.1 Å². The van der Waals surface area contributed by atoms with Gasteiger partial charge in [-0.05, 0) is 37.1 Å². The smallest absolute Gasteiger partial charge is 0.416 e. The molecule has 1 rings (SSSR count). The molecule has 7 heteroatoms. The lowest BCUT2D eigenvalue weighted by Gasteiger charge is -2.26. The first-order valence-electron chi connectivity index (χ1n) is 7.38. The van der Waals surface area contributed by atoms with E-state index in [-0.39, 0.29) is 5.56 Å². The molecule has 0 heterocycles. The fourth-order valence-corrected chi connectivity index (χ4v) is 2.25. The molecule has 1 N–H and O–H groups in total. The van der Waals surface area contributed by atoms with Crippen molar-refractivity contribution in [2.45, 2.75) is 38.4 Å². The van der Waals surface area contributed by atoms with Gasteiger partial charge in [-0.3, -0.25) is 4.79 Å². The number of benzene rings is 1. The molecule has 0 saturated carbocycles. The molecule has 1 unspecified atom stereocenters. The summed E-state index contributed by atoms with van der Waals surface area (Å²) in [4.78, 5) is 23.8. The summed E-state index contributed by atoms with van der Waals surface area (Å²) in [5.74, 6) is -1.17. The van der Waals surface area contributed by atoms with Crippen LogP contribution in [0.3, 0.4) is 0 Å². The van der Waals surface area contributed by atoms with E-state index in [4.69, 9.17) is 0 Å². The van der Waals surface area contributed by atoms with Crippen LogP contribution in [0.5, 0.6) is 0 Å². The highest BCUT2D eigenvalue weighted by molar-refractivity contribution is 5.96. The second kappa shape index (κ2) is 7.99. The van der Waals surface area contributed by atoms with Crippen LogP contribution in [0.1, 0.15) is 37.8 Å². The zero-order valence-corrected chi connectivity index (χ0v) is 13.7. The number of methoxy groups -OCH3 is 1. The summed E-state index contributed by atoms with van der Waals surface area (Å²) in [6.07, 6.45) is -1.08. The predicted octanol–water partition coefficient (Wildman–Crippen LogP) is 3.57. The van der Waals surface area contributed by atoms with Crippen LogP contribution >= 0.6 is 0 Å². The molecule has 132 valence electrons. The van der Waals surface area contributed by atoms with Crippen molar-refractivity contribution in [3.8, 4) is 0 Å². The van der Waals surface area contributed by atoms with Crippen LogP contribution < -0.4 is 5.32 Å². The van der Waals surface area contributed by atoms with E-state index in [0.717, 1.165) is 18.2 Å². The molecule has 0 saturated heterocycles. The number of carbonyl (C=O) groups is 2. The summed E-state index contributed by atoms with van der Waals surface area (Å²) >= 11 is 0. The van der Waals surface area contributed by atoms with Crippen molar-refractivity contribution < 1.29 is 27.5 Å². The number of hydrogen-bond acceptors (Lipinski definition) is 3. The van der Waals surface area contributed by atoms with Crippen molar-refractivity contribution in [1.82, 2.24) is 5.32 Å². The maximum Gasteiger partial charge on any atom is 0.416 e. The second-order valence-electron chi connectivity index (χ2n) is 5.52. The molecule has 1 amide bonds. The first-order valence-corrected chi connectivity index (χ1v) is 7.38. The molecule has 4 nitrogen and oxygen atoms in total. The number of halogens is 3. The number of nitrogens with one attached hydrogen (secondary N) is 1. The fourth-order valence-electron chi connectivity index (χ4n) is 2.25. The van der Waals surface area contributed by atoms with Gasteiger partial charge in [-0.15, -0.1) is 0 Å². The number of carbonyl (C=O) groups excluding carboxylic acids is 2. The number of rotatable bonds is 6. The molecule has 0 bridgehead atoms. The Labute approximate surface area is 138 Å². The Hall–Kier alpha value is -2.31. The summed E-state index contributed by atoms with van der Waals surface area (Å²) in [5.41, 5.74) is -1.75. The average Bonchev–Trinajstić information content (AvgIpc) is 2.51. The Morgan fingerprint density at radius 2 is 1.96 bits per heavy atom. The molecule has 1 aromatic rings. The van der Waals surface area contributed by atoms with E-state index in [9.17, 15) is 22.8 Å². The molecule has 0 spiro atoms. The first kappa shape index (κ1) is 19.7. The summed E-state index contributed by atoms with van der Waals surface area (Å²) in [6, 6.07) is 4.60. The van der Waals surface area contributed by atoms with Crippen molar-refractivity contribution in [1.29, 1.82) is 0 Å². The quantitative estimate of drug-likeness (QED) is 0.635. The first-order chi connectivity index (χ1) is 11.1. The van der Waals surface area contributed by atoms with Gasteiger partial charge in [0.2, 0.25) is 5.91 Å². The number of ether oxygens (including phenoxy) is 1. The molecule has 0 radical (unpaired) electrons. The van der Waals surface area contributed by atoms with Gasteiger partial charge in [0.05, 0.1) is 12.7 Å². The highest BCUT2D eigenvalue weighted by atomic mass is 19.4. The minimum absolute atomic E-state index is 0.232. The van der Waals surface area contributed by atoms with E-state index < -0.39 is 29.2 Å². The molecular formula is C17H20F3NO3. The highest BCUT2D eigenvalue weighted by Gasteiger charge is 2.34. The lowest BCUT2D eigenvalue weighted by Crippen LogP contribution is -2.52. The highest BCUT2D eigenvalue weighted by Crippen LogP contribution is 2.29. The standard InChI is InChI=1S/C17H20F3NO3/c1-4-10-16(2,15(23)24-3)21-14(22)9-8-12-6-5-7-13(11-12)17(18,19)20/h5-9,11H,4,10H2,1-3H3,(H,21,22)/b9-8+. The van der Waals surface area contributed by atoms with E-state index >= 15 is 0 Å². The van der Waals surface area contributed by atoms with Gasteiger partial charge in [0.1, 0.15) is 5.54 Å².